The van der Waals surface area contributed by atoms with Crippen molar-refractivity contribution in [2.24, 2.45) is 5.92 Å². The normalized spacial score (nSPS) is 24.6. The molecule has 0 aromatic carbocycles. The summed E-state index contributed by atoms with van der Waals surface area (Å²) in [6.45, 7) is 6.35. The summed E-state index contributed by atoms with van der Waals surface area (Å²) in [4.78, 5) is 6.46. The first kappa shape index (κ1) is 11.5. The highest BCUT2D eigenvalue weighted by molar-refractivity contribution is 4.85. The van der Waals surface area contributed by atoms with Crippen molar-refractivity contribution in [3.05, 3.63) is 11.7 Å². The van der Waals surface area contributed by atoms with E-state index in [1.165, 1.54) is 0 Å². The molecule has 0 spiro atoms. The first-order valence-corrected chi connectivity index (χ1v) is 5.85. The molecule has 1 N–H and O–H groups in total. The van der Waals surface area contributed by atoms with Crippen LogP contribution in [0.3, 0.4) is 0 Å². The Bertz CT molecular complexity index is 338. The molecule has 1 aliphatic rings. The van der Waals surface area contributed by atoms with E-state index in [-0.39, 0.29) is 6.10 Å². The van der Waals surface area contributed by atoms with Gasteiger partial charge >= 0.3 is 0 Å². The van der Waals surface area contributed by atoms with E-state index in [0.29, 0.717) is 24.2 Å². The Morgan fingerprint density at radius 3 is 3.06 bits per heavy atom. The predicted molar refractivity (Wildman–Crippen MR) is 58.7 cm³/mol. The van der Waals surface area contributed by atoms with Gasteiger partial charge in [0.1, 0.15) is 0 Å². The van der Waals surface area contributed by atoms with Crippen LogP contribution in [0, 0.1) is 12.8 Å². The molecule has 2 rings (SSSR count). The number of aryl methyl sites for hydroxylation is 1. The van der Waals surface area contributed by atoms with Crippen LogP contribution < -0.4 is 0 Å². The molecule has 5 nitrogen and oxygen atoms in total. The highest BCUT2D eigenvalue weighted by Crippen LogP contribution is 2.20. The summed E-state index contributed by atoms with van der Waals surface area (Å²) in [5.74, 6) is 1.72. The number of piperidine rings is 1. The van der Waals surface area contributed by atoms with Gasteiger partial charge in [-0.1, -0.05) is 5.16 Å². The molecule has 0 radical (unpaired) electrons. The maximum absolute atomic E-state index is 9.59. The number of aliphatic hydroxyl groups is 1. The monoisotopic (exact) mass is 225 g/mol. The molecular formula is C11H19N3O2. The number of likely N-dealkylation sites (tertiary alicyclic amines) is 1. The summed E-state index contributed by atoms with van der Waals surface area (Å²) >= 11 is 0. The fraction of sp³-hybridized carbons (Fsp3) is 0.818. The SMILES string of the molecule is Cc1noc(CN2CCCC(C(C)O)C2)n1. The number of nitrogens with zero attached hydrogens (tertiary/aromatic N) is 3. The van der Waals surface area contributed by atoms with Gasteiger partial charge in [-0.2, -0.15) is 4.98 Å². The number of hydrogen-bond acceptors (Lipinski definition) is 5. The molecule has 1 saturated heterocycles. The molecule has 0 amide bonds. The van der Waals surface area contributed by atoms with Crippen molar-refractivity contribution in [2.75, 3.05) is 13.1 Å². The van der Waals surface area contributed by atoms with E-state index in [9.17, 15) is 5.11 Å². The average Bonchev–Trinajstić information content (AvgIpc) is 2.64. The van der Waals surface area contributed by atoms with Crippen molar-refractivity contribution in [3.63, 3.8) is 0 Å². The van der Waals surface area contributed by atoms with Crippen molar-refractivity contribution >= 4 is 0 Å². The quantitative estimate of drug-likeness (QED) is 0.830. The topological polar surface area (TPSA) is 62.4 Å². The van der Waals surface area contributed by atoms with Gasteiger partial charge in [-0.3, -0.25) is 4.90 Å². The maximum atomic E-state index is 9.59. The molecule has 5 heteroatoms. The average molecular weight is 225 g/mol. The molecule has 16 heavy (non-hydrogen) atoms. The molecule has 2 heterocycles. The zero-order valence-electron chi connectivity index (χ0n) is 9.89. The summed E-state index contributed by atoms with van der Waals surface area (Å²) in [5, 5.41) is 13.4. The Balaban J connectivity index is 1.90. The van der Waals surface area contributed by atoms with Crippen LogP contribution in [-0.2, 0) is 6.54 Å². The molecule has 0 saturated carbocycles. The maximum Gasteiger partial charge on any atom is 0.240 e. The lowest BCUT2D eigenvalue weighted by Crippen LogP contribution is -2.39. The molecule has 1 aromatic rings. The van der Waals surface area contributed by atoms with Gasteiger partial charge < -0.3 is 9.63 Å². The van der Waals surface area contributed by atoms with E-state index in [2.05, 4.69) is 15.0 Å². The Morgan fingerprint density at radius 1 is 1.62 bits per heavy atom. The van der Waals surface area contributed by atoms with Crippen molar-refractivity contribution in [2.45, 2.75) is 39.3 Å². The minimum Gasteiger partial charge on any atom is -0.393 e. The second-order valence-corrected chi connectivity index (χ2v) is 4.61. The lowest BCUT2D eigenvalue weighted by Gasteiger charge is -2.33. The highest BCUT2D eigenvalue weighted by Gasteiger charge is 2.24. The fourth-order valence-electron chi connectivity index (χ4n) is 2.22. The van der Waals surface area contributed by atoms with Gasteiger partial charge in [-0.05, 0) is 39.2 Å². The van der Waals surface area contributed by atoms with Gasteiger partial charge in [0.05, 0.1) is 12.6 Å². The van der Waals surface area contributed by atoms with Crippen LogP contribution in [-0.4, -0.2) is 39.3 Å². The third-order valence-electron chi connectivity index (χ3n) is 3.15. The predicted octanol–water partition coefficient (Wildman–Crippen LogP) is 0.971. The largest absolute Gasteiger partial charge is 0.393 e. The number of aromatic nitrogens is 2. The van der Waals surface area contributed by atoms with E-state index < -0.39 is 0 Å². The van der Waals surface area contributed by atoms with Gasteiger partial charge in [0, 0.05) is 6.54 Å². The van der Waals surface area contributed by atoms with E-state index in [4.69, 9.17) is 4.52 Å². The zero-order valence-corrected chi connectivity index (χ0v) is 9.89. The first-order valence-electron chi connectivity index (χ1n) is 5.85. The fourth-order valence-corrected chi connectivity index (χ4v) is 2.22. The van der Waals surface area contributed by atoms with Gasteiger partial charge in [0.25, 0.3) is 0 Å². The van der Waals surface area contributed by atoms with Gasteiger partial charge in [-0.15, -0.1) is 0 Å². The molecule has 1 fully saturated rings. The van der Waals surface area contributed by atoms with Gasteiger partial charge in [-0.25, -0.2) is 0 Å². The second-order valence-electron chi connectivity index (χ2n) is 4.61. The molecule has 0 aliphatic carbocycles. The van der Waals surface area contributed by atoms with Gasteiger partial charge in [0.15, 0.2) is 5.82 Å². The van der Waals surface area contributed by atoms with E-state index in [0.717, 1.165) is 25.9 Å². The molecule has 1 aliphatic heterocycles. The molecule has 0 bridgehead atoms. The lowest BCUT2D eigenvalue weighted by atomic mass is 9.93. The van der Waals surface area contributed by atoms with E-state index in [1.807, 2.05) is 13.8 Å². The third-order valence-corrected chi connectivity index (χ3v) is 3.15. The van der Waals surface area contributed by atoms with Crippen LogP contribution in [0.5, 0.6) is 0 Å². The highest BCUT2D eigenvalue weighted by atomic mass is 16.5. The van der Waals surface area contributed by atoms with Crippen molar-refractivity contribution < 1.29 is 9.63 Å². The Kier molecular flexibility index (Phi) is 3.56. The molecule has 90 valence electrons. The molecule has 2 unspecified atom stereocenters. The summed E-state index contributed by atoms with van der Waals surface area (Å²) in [7, 11) is 0. The zero-order chi connectivity index (χ0) is 11.5. The van der Waals surface area contributed by atoms with Crippen LogP contribution in [0.4, 0.5) is 0 Å². The van der Waals surface area contributed by atoms with Crippen LogP contribution >= 0.6 is 0 Å². The summed E-state index contributed by atoms with van der Waals surface area (Å²) < 4.78 is 5.10. The van der Waals surface area contributed by atoms with Crippen LogP contribution in [0.25, 0.3) is 0 Å². The minimum absolute atomic E-state index is 0.229. The van der Waals surface area contributed by atoms with Crippen molar-refractivity contribution in [1.82, 2.24) is 15.0 Å². The molecule has 1 aromatic heterocycles. The van der Waals surface area contributed by atoms with Crippen LogP contribution in [0.15, 0.2) is 4.52 Å². The Morgan fingerprint density at radius 2 is 2.44 bits per heavy atom. The van der Waals surface area contributed by atoms with Gasteiger partial charge in [0.2, 0.25) is 5.89 Å². The molecule has 2 atom stereocenters. The van der Waals surface area contributed by atoms with Crippen molar-refractivity contribution in [3.8, 4) is 0 Å². The Labute approximate surface area is 95.4 Å². The molecular weight excluding hydrogens is 206 g/mol. The first-order chi connectivity index (χ1) is 7.65. The summed E-state index contributed by atoms with van der Waals surface area (Å²) in [5.41, 5.74) is 0. The number of hydrogen-bond donors (Lipinski definition) is 1. The van der Waals surface area contributed by atoms with E-state index >= 15 is 0 Å². The van der Waals surface area contributed by atoms with Crippen LogP contribution in [0.1, 0.15) is 31.5 Å². The third kappa shape index (κ3) is 2.80. The van der Waals surface area contributed by atoms with Crippen LogP contribution in [0.2, 0.25) is 0 Å². The van der Waals surface area contributed by atoms with Crippen molar-refractivity contribution in [1.29, 1.82) is 0 Å². The standard InChI is InChI=1S/C11H19N3O2/c1-8(15)10-4-3-5-14(6-10)7-11-12-9(2)13-16-11/h8,10,15H,3-7H2,1-2H3. The smallest absolute Gasteiger partial charge is 0.240 e. The van der Waals surface area contributed by atoms with E-state index in [1.54, 1.807) is 0 Å². The second kappa shape index (κ2) is 4.93. The Hall–Kier alpha value is -0.940. The number of aliphatic hydroxyl groups excluding tert-OH is 1. The lowest BCUT2D eigenvalue weighted by molar-refractivity contribution is 0.0556. The minimum atomic E-state index is -0.229. The summed E-state index contributed by atoms with van der Waals surface area (Å²) in [6, 6.07) is 0. The summed E-state index contributed by atoms with van der Waals surface area (Å²) in [6.07, 6.45) is 2.01. The number of rotatable bonds is 3.